The van der Waals surface area contributed by atoms with Crippen LogP contribution < -0.4 is 14.4 Å². The number of hydrogen-bond acceptors (Lipinski definition) is 4. The Labute approximate surface area is 209 Å². The first-order chi connectivity index (χ1) is 16.6. The topological polar surface area (TPSA) is 75.7 Å². The number of nitrogens with one attached hydrogen (secondary N) is 1. The maximum absolute atomic E-state index is 12.9. The molecule has 6 nitrogen and oxygen atoms in total. The summed E-state index contributed by atoms with van der Waals surface area (Å²) >= 11 is 0. The zero-order valence-corrected chi connectivity index (χ0v) is 21.7. The highest BCUT2D eigenvalue weighted by molar-refractivity contribution is 7.92. The zero-order chi connectivity index (χ0) is 24.8. The number of rotatable bonds is 8. The highest BCUT2D eigenvalue weighted by atomic mass is 32.2. The highest BCUT2D eigenvalue weighted by Gasteiger charge is 2.51. The molecule has 0 saturated heterocycles. The normalized spacial score (nSPS) is 27.9. The molecule has 4 aliphatic carbocycles. The second-order valence-electron chi connectivity index (χ2n) is 11.0. The van der Waals surface area contributed by atoms with E-state index in [1.54, 1.807) is 24.3 Å². The molecule has 6 rings (SSSR count). The lowest BCUT2D eigenvalue weighted by Gasteiger charge is -2.57. The first-order valence-electron chi connectivity index (χ1n) is 12.8. The van der Waals surface area contributed by atoms with Crippen molar-refractivity contribution in [1.82, 2.24) is 0 Å². The molecule has 0 spiro atoms. The van der Waals surface area contributed by atoms with Gasteiger partial charge in [-0.3, -0.25) is 9.10 Å². The van der Waals surface area contributed by atoms with Gasteiger partial charge in [0, 0.05) is 12.7 Å². The third kappa shape index (κ3) is 4.92. The summed E-state index contributed by atoms with van der Waals surface area (Å²) in [5, 5.41) is 3.01. The predicted octanol–water partition coefficient (Wildman–Crippen LogP) is 5.35. The number of carbonyl (C=O) groups is 1. The molecular formula is C28H36N2O4S. The van der Waals surface area contributed by atoms with Gasteiger partial charge >= 0.3 is 0 Å². The van der Waals surface area contributed by atoms with Gasteiger partial charge in [0.05, 0.1) is 11.9 Å². The highest BCUT2D eigenvalue weighted by Crippen LogP contribution is 2.60. The summed E-state index contributed by atoms with van der Waals surface area (Å²) in [6.45, 7) is 1.91. The van der Waals surface area contributed by atoms with Crippen molar-refractivity contribution in [2.45, 2.75) is 63.4 Å². The molecule has 0 aliphatic heterocycles. The van der Waals surface area contributed by atoms with Crippen molar-refractivity contribution >= 4 is 27.3 Å². The molecule has 4 bridgehead atoms. The Hall–Kier alpha value is -2.54. The van der Waals surface area contributed by atoms with Crippen LogP contribution in [0.5, 0.6) is 5.75 Å². The smallest absolute Gasteiger partial charge is 0.265 e. The van der Waals surface area contributed by atoms with Gasteiger partial charge in [-0.05, 0) is 110 Å². The summed E-state index contributed by atoms with van der Waals surface area (Å²) in [6, 6.07) is 15.2. The summed E-state index contributed by atoms with van der Waals surface area (Å²) in [5.74, 6) is 3.05. The molecule has 1 N–H and O–H groups in total. The molecule has 0 radical (unpaired) electrons. The summed E-state index contributed by atoms with van der Waals surface area (Å²) < 4.78 is 30.6. The lowest BCUT2D eigenvalue weighted by atomic mass is 9.48. The van der Waals surface area contributed by atoms with Crippen molar-refractivity contribution in [1.29, 1.82) is 0 Å². The minimum atomic E-state index is -3.33. The number of benzene rings is 2. The van der Waals surface area contributed by atoms with Gasteiger partial charge in [-0.1, -0.05) is 19.1 Å². The molecular weight excluding hydrogens is 460 g/mol. The molecule has 35 heavy (non-hydrogen) atoms. The number of ether oxygens (including phenoxy) is 1. The van der Waals surface area contributed by atoms with E-state index in [2.05, 4.69) is 17.4 Å². The van der Waals surface area contributed by atoms with E-state index >= 15 is 0 Å². The van der Waals surface area contributed by atoms with Crippen LogP contribution in [0.25, 0.3) is 0 Å². The van der Waals surface area contributed by atoms with Crippen LogP contribution >= 0.6 is 0 Å². The average molecular weight is 497 g/mol. The number of hydrogen-bond donors (Lipinski definition) is 1. The van der Waals surface area contributed by atoms with Crippen molar-refractivity contribution in [2.75, 3.05) is 22.9 Å². The van der Waals surface area contributed by atoms with Crippen LogP contribution in [-0.2, 0) is 20.2 Å². The average Bonchev–Trinajstić information content (AvgIpc) is 2.81. The minimum absolute atomic E-state index is 0.188. The molecule has 7 heteroatoms. The fourth-order valence-corrected chi connectivity index (χ4v) is 7.51. The largest absolute Gasteiger partial charge is 0.481 e. The number of sulfonamides is 1. The van der Waals surface area contributed by atoms with Gasteiger partial charge in [-0.15, -0.1) is 0 Å². The van der Waals surface area contributed by atoms with Crippen LogP contribution in [0.3, 0.4) is 0 Å². The molecule has 0 aromatic heterocycles. The summed E-state index contributed by atoms with van der Waals surface area (Å²) in [6.07, 6.45) is 9.32. The third-order valence-electron chi connectivity index (χ3n) is 8.44. The summed E-state index contributed by atoms with van der Waals surface area (Å²) in [4.78, 5) is 12.9. The Morgan fingerprint density at radius 2 is 1.54 bits per heavy atom. The summed E-state index contributed by atoms with van der Waals surface area (Å²) in [7, 11) is -1.83. The Bertz CT molecular complexity index is 1140. The SMILES string of the molecule is CC[C@@H](Oc1ccc(N(C)S(C)(=O)=O)cc1)C(=O)Nc1ccc(C23CC4CC(CC(C4)C2)C3)cc1. The van der Waals surface area contributed by atoms with Crippen LogP contribution in [0.4, 0.5) is 11.4 Å². The van der Waals surface area contributed by atoms with Crippen LogP contribution in [0.2, 0.25) is 0 Å². The van der Waals surface area contributed by atoms with Crippen molar-refractivity contribution < 1.29 is 17.9 Å². The maximum Gasteiger partial charge on any atom is 0.265 e. The van der Waals surface area contributed by atoms with Crippen LogP contribution in [-0.4, -0.2) is 33.7 Å². The number of nitrogens with zero attached hydrogens (tertiary/aromatic N) is 1. The molecule has 0 unspecified atom stereocenters. The van der Waals surface area contributed by atoms with Gasteiger partial charge in [0.15, 0.2) is 6.10 Å². The number of amides is 1. The molecule has 1 amide bonds. The maximum atomic E-state index is 12.9. The molecule has 1 atom stereocenters. The quantitative estimate of drug-likeness (QED) is 0.535. The van der Waals surface area contributed by atoms with E-state index in [1.165, 1.54) is 55.4 Å². The van der Waals surface area contributed by atoms with Crippen molar-refractivity contribution in [2.24, 2.45) is 17.8 Å². The van der Waals surface area contributed by atoms with Crippen LogP contribution in [0.1, 0.15) is 57.4 Å². The second kappa shape index (κ2) is 9.16. The first-order valence-corrected chi connectivity index (χ1v) is 14.6. The first kappa shape index (κ1) is 24.2. The molecule has 2 aromatic carbocycles. The predicted molar refractivity (Wildman–Crippen MR) is 139 cm³/mol. The van der Waals surface area contributed by atoms with Crippen LogP contribution in [0, 0.1) is 17.8 Å². The third-order valence-corrected chi connectivity index (χ3v) is 9.65. The lowest BCUT2D eigenvalue weighted by molar-refractivity contribution is -0.122. The van der Waals surface area contributed by atoms with Crippen molar-refractivity contribution in [3.63, 3.8) is 0 Å². The molecule has 4 fully saturated rings. The Morgan fingerprint density at radius 3 is 2.03 bits per heavy atom. The van der Waals surface area contributed by atoms with E-state index < -0.39 is 16.1 Å². The van der Waals surface area contributed by atoms with E-state index in [-0.39, 0.29) is 5.91 Å². The molecule has 4 aliphatic rings. The zero-order valence-electron chi connectivity index (χ0n) is 20.9. The Kier molecular flexibility index (Phi) is 6.32. The molecule has 0 heterocycles. The van der Waals surface area contributed by atoms with E-state index in [0.29, 0.717) is 23.3 Å². The standard InChI is InChI=1S/C28H36N2O4S/c1-4-26(34-25-11-9-24(10-12-25)30(2)35(3,32)33)27(31)29-23-7-5-22(6-8-23)28-16-19-13-20(17-28)15-21(14-19)18-28/h5-12,19-21,26H,4,13-18H2,1-3H3,(H,29,31)/t19?,20?,21?,26-,28?/m1/s1. The van der Waals surface area contributed by atoms with Gasteiger partial charge in [0.1, 0.15) is 5.75 Å². The second-order valence-corrected chi connectivity index (χ2v) is 13.0. The fourth-order valence-electron chi connectivity index (χ4n) is 7.01. The molecule has 188 valence electrons. The summed E-state index contributed by atoms with van der Waals surface area (Å²) in [5.41, 5.74) is 3.12. The number of carbonyl (C=O) groups excluding carboxylic acids is 1. The van der Waals surface area contributed by atoms with E-state index in [9.17, 15) is 13.2 Å². The van der Waals surface area contributed by atoms with Gasteiger partial charge in [0.2, 0.25) is 10.0 Å². The van der Waals surface area contributed by atoms with Gasteiger partial charge in [0.25, 0.3) is 5.91 Å². The van der Waals surface area contributed by atoms with E-state index in [1.807, 2.05) is 19.1 Å². The monoisotopic (exact) mass is 496 g/mol. The van der Waals surface area contributed by atoms with E-state index in [0.717, 1.165) is 29.7 Å². The lowest BCUT2D eigenvalue weighted by Crippen LogP contribution is -2.48. The van der Waals surface area contributed by atoms with Crippen LogP contribution in [0.15, 0.2) is 48.5 Å². The van der Waals surface area contributed by atoms with Gasteiger partial charge in [-0.2, -0.15) is 0 Å². The van der Waals surface area contributed by atoms with Gasteiger partial charge in [-0.25, -0.2) is 8.42 Å². The minimum Gasteiger partial charge on any atom is -0.481 e. The Balaban J connectivity index is 1.22. The molecule has 4 saturated carbocycles. The van der Waals surface area contributed by atoms with Crippen molar-refractivity contribution in [3.8, 4) is 5.75 Å². The van der Waals surface area contributed by atoms with Gasteiger partial charge < -0.3 is 10.1 Å². The molecule has 2 aromatic rings. The van der Waals surface area contributed by atoms with Crippen molar-refractivity contribution in [3.05, 3.63) is 54.1 Å². The fraction of sp³-hybridized carbons (Fsp3) is 0.536. The number of anilines is 2. The Morgan fingerprint density at radius 1 is 1.00 bits per heavy atom. The van der Waals surface area contributed by atoms with E-state index in [4.69, 9.17) is 4.74 Å².